The molecular formula is C23H23FN8. The van der Waals surface area contributed by atoms with Gasteiger partial charge in [0.2, 0.25) is 5.95 Å². The van der Waals surface area contributed by atoms with Crippen molar-refractivity contribution in [3.05, 3.63) is 60.3 Å². The standard InChI is InChI=1S/C23H23FN8/c1-3-18-22-29-28-14(2)32(22)19-12-26-23(27-21(19)31(18)13-15-4-5-15)30-11-10-25-20(30)16-6-8-17(24)9-7-16/h6-12,15,18H,3-5,13H2,1-2H3/t18-/m1/s1. The predicted octanol–water partition coefficient (Wildman–Crippen LogP) is 4.04. The van der Waals surface area contributed by atoms with E-state index in [1.807, 2.05) is 23.9 Å². The number of nitrogens with zero attached hydrogens (tertiary/aromatic N) is 8. The lowest BCUT2D eigenvalue weighted by Gasteiger charge is -2.37. The molecule has 1 aliphatic carbocycles. The summed E-state index contributed by atoms with van der Waals surface area (Å²) in [6.07, 6.45) is 8.80. The number of fused-ring (bicyclic) bond motifs is 3. The number of halogens is 1. The fourth-order valence-corrected chi connectivity index (χ4v) is 4.49. The molecule has 1 saturated carbocycles. The zero-order chi connectivity index (χ0) is 21.8. The fourth-order valence-electron chi connectivity index (χ4n) is 4.49. The van der Waals surface area contributed by atoms with E-state index in [1.165, 1.54) is 25.0 Å². The highest BCUT2D eigenvalue weighted by molar-refractivity contribution is 5.64. The minimum Gasteiger partial charge on any atom is -0.344 e. The quantitative estimate of drug-likeness (QED) is 0.476. The van der Waals surface area contributed by atoms with Gasteiger partial charge in [-0.3, -0.25) is 9.13 Å². The van der Waals surface area contributed by atoms with E-state index in [0.29, 0.717) is 17.7 Å². The highest BCUT2D eigenvalue weighted by atomic mass is 19.1. The first-order valence-corrected chi connectivity index (χ1v) is 11.0. The molecule has 4 aromatic rings. The lowest BCUT2D eigenvalue weighted by atomic mass is 10.1. The summed E-state index contributed by atoms with van der Waals surface area (Å²) in [5, 5.41) is 8.83. The molecule has 8 nitrogen and oxygen atoms in total. The molecule has 9 heteroatoms. The van der Waals surface area contributed by atoms with Crippen molar-refractivity contribution in [1.29, 1.82) is 0 Å². The van der Waals surface area contributed by atoms with Crippen LogP contribution in [0.3, 0.4) is 0 Å². The van der Waals surface area contributed by atoms with Crippen molar-refractivity contribution in [2.45, 2.75) is 39.2 Å². The summed E-state index contributed by atoms with van der Waals surface area (Å²) in [4.78, 5) is 16.5. The molecule has 0 N–H and O–H groups in total. The van der Waals surface area contributed by atoms with Crippen molar-refractivity contribution < 1.29 is 4.39 Å². The van der Waals surface area contributed by atoms with Gasteiger partial charge in [0, 0.05) is 24.5 Å². The van der Waals surface area contributed by atoms with Crippen LogP contribution in [-0.4, -0.2) is 40.8 Å². The van der Waals surface area contributed by atoms with Crippen LogP contribution in [0.5, 0.6) is 0 Å². The Morgan fingerprint density at radius 1 is 1.09 bits per heavy atom. The molecule has 1 fully saturated rings. The number of aryl methyl sites for hydroxylation is 1. The van der Waals surface area contributed by atoms with E-state index in [0.717, 1.165) is 41.7 Å². The Morgan fingerprint density at radius 3 is 2.66 bits per heavy atom. The molecule has 0 amide bonds. The van der Waals surface area contributed by atoms with Crippen LogP contribution >= 0.6 is 0 Å². The average molecular weight is 430 g/mol. The zero-order valence-corrected chi connectivity index (χ0v) is 18.0. The Labute approximate surface area is 184 Å². The first-order chi connectivity index (χ1) is 15.6. The number of benzene rings is 1. The summed E-state index contributed by atoms with van der Waals surface area (Å²) < 4.78 is 17.3. The molecule has 6 rings (SSSR count). The first-order valence-electron chi connectivity index (χ1n) is 11.0. The van der Waals surface area contributed by atoms with Gasteiger partial charge in [-0.1, -0.05) is 6.92 Å². The highest BCUT2D eigenvalue weighted by Crippen LogP contribution is 2.42. The van der Waals surface area contributed by atoms with E-state index in [9.17, 15) is 4.39 Å². The normalized spacial score (nSPS) is 17.3. The fraction of sp³-hybridized carbons (Fsp3) is 0.348. The SMILES string of the molecule is CC[C@@H]1c2nnc(C)n2-c2cnc(-n3ccnc3-c3ccc(F)cc3)nc2N1CC1CC1. The summed E-state index contributed by atoms with van der Waals surface area (Å²) in [6.45, 7) is 5.08. The van der Waals surface area contributed by atoms with Gasteiger partial charge >= 0.3 is 0 Å². The molecule has 2 aliphatic rings. The number of anilines is 1. The number of aromatic nitrogens is 7. The molecule has 0 saturated heterocycles. The van der Waals surface area contributed by atoms with Gasteiger partial charge in [-0.2, -0.15) is 4.98 Å². The summed E-state index contributed by atoms with van der Waals surface area (Å²) in [5.74, 6) is 4.28. The Balaban J connectivity index is 1.50. The van der Waals surface area contributed by atoms with E-state index in [2.05, 4.69) is 36.6 Å². The van der Waals surface area contributed by atoms with Gasteiger partial charge in [0.15, 0.2) is 11.6 Å². The van der Waals surface area contributed by atoms with Crippen molar-refractivity contribution in [2.24, 2.45) is 5.92 Å². The maximum Gasteiger partial charge on any atom is 0.237 e. The summed E-state index contributed by atoms with van der Waals surface area (Å²) in [6, 6.07) is 6.41. The summed E-state index contributed by atoms with van der Waals surface area (Å²) in [5.41, 5.74) is 1.70. The van der Waals surface area contributed by atoms with Crippen molar-refractivity contribution in [1.82, 2.24) is 34.3 Å². The third-order valence-electron chi connectivity index (χ3n) is 6.27. The number of hydrogen-bond donors (Lipinski definition) is 0. The van der Waals surface area contributed by atoms with Gasteiger partial charge < -0.3 is 4.90 Å². The second-order valence-corrected chi connectivity index (χ2v) is 8.47. The zero-order valence-electron chi connectivity index (χ0n) is 18.0. The molecule has 1 atom stereocenters. The summed E-state index contributed by atoms with van der Waals surface area (Å²) >= 11 is 0. The molecule has 1 aromatic carbocycles. The third kappa shape index (κ3) is 2.99. The maximum atomic E-state index is 13.4. The van der Waals surface area contributed by atoms with E-state index in [-0.39, 0.29) is 11.9 Å². The van der Waals surface area contributed by atoms with Gasteiger partial charge in [0.25, 0.3) is 0 Å². The van der Waals surface area contributed by atoms with Crippen LogP contribution in [-0.2, 0) is 0 Å². The smallest absolute Gasteiger partial charge is 0.237 e. The first kappa shape index (κ1) is 19.1. The molecule has 0 unspecified atom stereocenters. The Bertz CT molecular complexity index is 1290. The second kappa shape index (κ2) is 7.22. The molecule has 3 aromatic heterocycles. The summed E-state index contributed by atoms with van der Waals surface area (Å²) in [7, 11) is 0. The van der Waals surface area contributed by atoms with Crippen molar-refractivity contribution in [3.8, 4) is 23.0 Å². The minimum absolute atomic E-state index is 0.117. The third-order valence-corrected chi connectivity index (χ3v) is 6.27. The van der Waals surface area contributed by atoms with Crippen LogP contribution in [0.1, 0.15) is 43.9 Å². The monoisotopic (exact) mass is 430 g/mol. The Hall–Kier alpha value is -3.62. The van der Waals surface area contributed by atoms with Crippen molar-refractivity contribution in [3.63, 3.8) is 0 Å². The largest absolute Gasteiger partial charge is 0.344 e. The molecular weight excluding hydrogens is 407 g/mol. The molecule has 0 spiro atoms. The molecule has 4 heterocycles. The van der Waals surface area contributed by atoms with Crippen LogP contribution in [0, 0.1) is 18.7 Å². The van der Waals surface area contributed by atoms with Gasteiger partial charge in [-0.05, 0) is 56.4 Å². The average Bonchev–Trinajstić information content (AvgIpc) is 3.34. The van der Waals surface area contributed by atoms with E-state index in [1.54, 1.807) is 18.3 Å². The van der Waals surface area contributed by atoms with E-state index in [4.69, 9.17) is 4.98 Å². The van der Waals surface area contributed by atoms with E-state index >= 15 is 0 Å². The topological polar surface area (TPSA) is 77.5 Å². The van der Waals surface area contributed by atoms with E-state index < -0.39 is 0 Å². The minimum atomic E-state index is -0.279. The van der Waals surface area contributed by atoms with Gasteiger partial charge in [0.1, 0.15) is 23.2 Å². The van der Waals surface area contributed by atoms with Gasteiger partial charge in [0.05, 0.1) is 12.2 Å². The molecule has 0 radical (unpaired) electrons. The molecule has 32 heavy (non-hydrogen) atoms. The van der Waals surface area contributed by atoms with Crippen LogP contribution in [0.2, 0.25) is 0 Å². The van der Waals surface area contributed by atoms with Crippen LogP contribution < -0.4 is 4.90 Å². The lowest BCUT2D eigenvalue weighted by Crippen LogP contribution is -2.37. The lowest BCUT2D eigenvalue weighted by molar-refractivity contribution is 0.520. The van der Waals surface area contributed by atoms with Gasteiger partial charge in [-0.25, -0.2) is 14.4 Å². The number of hydrogen-bond acceptors (Lipinski definition) is 6. The van der Waals surface area contributed by atoms with Crippen LogP contribution in [0.4, 0.5) is 10.2 Å². The maximum absolute atomic E-state index is 13.4. The van der Waals surface area contributed by atoms with Crippen LogP contribution in [0.15, 0.2) is 42.9 Å². The molecule has 1 aliphatic heterocycles. The van der Waals surface area contributed by atoms with Crippen LogP contribution in [0.25, 0.3) is 23.0 Å². The van der Waals surface area contributed by atoms with Gasteiger partial charge in [-0.15, -0.1) is 10.2 Å². The molecule has 0 bridgehead atoms. The second-order valence-electron chi connectivity index (χ2n) is 8.47. The Kier molecular flexibility index (Phi) is 4.31. The highest BCUT2D eigenvalue weighted by Gasteiger charge is 2.37. The number of rotatable bonds is 5. The number of imidazole rings is 1. The Morgan fingerprint density at radius 2 is 1.91 bits per heavy atom. The van der Waals surface area contributed by atoms with Crippen molar-refractivity contribution >= 4 is 5.82 Å². The predicted molar refractivity (Wildman–Crippen MR) is 117 cm³/mol. The molecule has 162 valence electrons. The van der Waals surface area contributed by atoms with Crippen molar-refractivity contribution in [2.75, 3.05) is 11.4 Å².